The maximum absolute atomic E-state index is 12.6. The first-order valence-corrected chi connectivity index (χ1v) is 11.5. The van der Waals surface area contributed by atoms with Gasteiger partial charge in [0.25, 0.3) is 0 Å². The van der Waals surface area contributed by atoms with E-state index in [4.69, 9.17) is 4.74 Å². The Morgan fingerprint density at radius 2 is 1.92 bits per heavy atom. The fourth-order valence-electron chi connectivity index (χ4n) is 2.45. The lowest BCUT2D eigenvalue weighted by Crippen LogP contribution is -2.40. The molecule has 0 spiro atoms. The first kappa shape index (κ1) is 19.4. The second-order valence-corrected chi connectivity index (χ2v) is 9.82. The number of hydrogen-bond acceptors (Lipinski definition) is 6. The number of amides is 1. The molecule has 2 heterocycles. The van der Waals surface area contributed by atoms with E-state index < -0.39 is 10.0 Å². The fourth-order valence-corrected chi connectivity index (χ4v) is 5.47. The van der Waals surface area contributed by atoms with E-state index >= 15 is 0 Å². The molecule has 1 aromatic heterocycles. The average molecular weight is 413 g/mol. The third kappa shape index (κ3) is 5.08. The molecule has 0 radical (unpaired) electrons. The van der Waals surface area contributed by atoms with Crippen LogP contribution in [0.4, 0.5) is 0 Å². The molecule has 0 bridgehead atoms. The van der Waals surface area contributed by atoms with E-state index in [1.807, 2.05) is 17.5 Å². The van der Waals surface area contributed by atoms with Gasteiger partial charge >= 0.3 is 0 Å². The Kier molecular flexibility index (Phi) is 6.71. The molecule has 1 saturated heterocycles. The molecule has 2 aromatic rings. The van der Waals surface area contributed by atoms with Gasteiger partial charge in [0.05, 0.1) is 28.1 Å². The largest absolute Gasteiger partial charge is 0.379 e. The second kappa shape index (κ2) is 9.01. The smallest absolute Gasteiger partial charge is 0.243 e. The van der Waals surface area contributed by atoms with Crippen LogP contribution in [0.5, 0.6) is 0 Å². The van der Waals surface area contributed by atoms with Crippen molar-refractivity contribution in [2.24, 2.45) is 0 Å². The summed E-state index contributed by atoms with van der Waals surface area (Å²) >= 11 is 3.11. The summed E-state index contributed by atoms with van der Waals surface area (Å²) in [7, 11) is -3.48. The maximum atomic E-state index is 12.6. The molecule has 26 heavy (non-hydrogen) atoms. The number of ether oxygens (including phenoxy) is 1. The van der Waals surface area contributed by atoms with E-state index in [0.717, 1.165) is 9.77 Å². The molecular weight excluding hydrogens is 392 g/mol. The van der Waals surface area contributed by atoms with Crippen molar-refractivity contribution >= 4 is 39.0 Å². The Balaban J connectivity index is 1.51. The summed E-state index contributed by atoms with van der Waals surface area (Å²) in [5, 5.41) is 4.83. The van der Waals surface area contributed by atoms with Crippen LogP contribution in [-0.2, 0) is 26.1 Å². The molecule has 0 saturated carbocycles. The molecule has 1 fully saturated rings. The molecule has 3 rings (SSSR count). The van der Waals surface area contributed by atoms with Crippen molar-refractivity contribution in [3.63, 3.8) is 0 Å². The number of morpholine rings is 1. The first-order chi connectivity index (χ1) is 12.6. The third-order valence-electron chi connectivity index (χ3n) is 3.86. The first-order valence-electron chi connectivity index (χ1n) is 8.15. The normalized spacial score (nSPS) is 15.7. The van der Waals surface area contributed by atoms with Crippen molar-refractivity contribution < 1.29 is 17.9 Å². The number of carbonyl (C=O) groups is 1. The summed E-state index contributed by atoms with van der Waals surface area (Å²) in [5.74, 6) is 0.317. The van der Waals surface area contributed by atoms with Crippen molar-refractivity contribution in [1.82, 2.24) is 9.62 Å². The van der Waals surface area contributed by atoms with Crippen molar-refractivity contribution in [2.75, 3.05) is 32.1 Å². The minimum absolute atomic E-state index is 0.0478. The Bertz CT molecular complexity index is 814. The van der Waals surface area contributed by atoms with Gasteiger partial charge in [-0.15, -0.1) is 23.1 Å². The topological polar surface area (TPSA) is 75.7 Å². The molecule has 1 N–H and O–H groups in total. The van der Waals surface area contributed by atoms with Crippen LogP contribution < -0.4 is 5.32 Å². The second-order valence-electron chi connectivity index (χ2n) is 5.66. The van der Waals surface area contributed by atoms with E-state index in [-0.39, 0.29) is 10.8 Å². The van der Waals surface area contributed by atoms with Gasteiger partial charge in [-0.3, -0.25) is 4.79 Å². The molecule has 0 atom stereocenters. The van der Waals surface area contributed by atoms with E-state index in [2.05, 4.69) is 5.32 Å². The van der Waals surface area contributed by atoms with Gasteiger partial charge in [-0.05, 0) is 29.1 Å². The summed E-state index contributed by atoms with van der Waals surface area (Å²) in [4.78, 5) is 12.2. The summed E-state index contributed by atoms with van der Waals surface area (Å²) < 4.78 is 32.9. The number of carbonyl (C=O) groups excluding carboxylic acids is 1. The Hall–Kier alpha value is -1.39. The Labute approximate surface area is 161 Å². The van der Waals surface area contributed by atoms with Gasteiger partial charge in [-0.25, -0.2) is 8.42 Å². The lowest BCUT2D eigenvalue weighted by molar-refractivity contribution is -0.118. The molecule has 1 amide bonds. The lowest BCUT2D eigenvalue weighted by Gasteiger charge is -2.26. The van der Waals surface area contributed by atoms with Crippen LogP contribution in [0.1, 0.15) is 5.56 Å². The Morgan fingerprint density at radius 3 is 2.58 bits per heavy atom. The highest BCUT2D eigenvalue weighted by Crippen LogP contribution is 2.23. The maximum Gasteiger partial charge on any atom is 0.243 e. The SMILES string of the molecule is O=C(CSc1cccs1)NCc1ccc(S(=O)(=O)N2CCOCC2)cc1. The minimum atomic E-state index is -3.48. The molecule has 0 unspecified atom stereocenters. The molecule has 1 aromatic carbocycles. The number of thiophene rings is 1. The number of sulfonamides is 1. The van der Waals surface area contributed by atoms with Gasteiger partial charge in [-0.2, -0.15) is 4.31 Å². The lowest BCUT2D eigenvalue weighted by atomic mass is 10.2. The molecule has 1 aliphatic rings. The number of hydrogen-bond donors (Lipinski definition) is 1. The third-order valence-corrected chi connectivity index (χ3v) is 7.91. The standard InChI is InChI=1S/C17H20N2O4S3/c20-16(13-25-17-2-1-11-24-17)18-12-14-3-5-15(6-4-14)26(21,22)19-7-9-23-10-8-19/h1-6,11H,7-10,12-13H2,(H,18,20). The van der Waals surface area contributed by atoms with Crippen LogP contribution in [0.25, 0.3) is 0 Å². The highest BCUT2D eigenvalue weighted by atomic mass is 32.2. The summed E-state index contributed by atoms with van der Waals surface area (Å²) in [6, 6.07) is 10.6. The molecule has 6 nitrogen and oxygen atoms in total. The monoisotopic (exact) mass is 412 g/mol. The van der Waals surface area contributed by atoms with Crippen molar-refractivity contribution in [3.05, 3.63) is 47.3 Å². The fraction of sp³-hybridized carbons (Fsp3) is 0.353. The molecule has 0 aliphatic carbocycles. The van der Waals surface area contributed by atoms with Crippen LogP contribution in [0.3, 0.4) is 0 Å². The number of nitrogens with one attached hydrogen (secondary N) is 1. The molecule has 9 heteroatoms. The zero-order valence-electron chi connectivity index (χ0n) is 14.1. The van der Waals surface area contributed by atoms with Crippen molar-refractivity contribution in [1.29, 1.82) is 0 Å². The van der Waals surface area contributed by atoms with Crippen LogP contribution in [0, 0.1) is 0 Å². The predicted octanol–water partition coefficient (Wildman–Crippen LogP) is 2.18. The van der Waals surface area contributed by atoms with Gasteiger partial charge in [0, 0.05) is 19.6 Å². The summed E-state index contributed by atoms with van der Waals surface area (Å²) in [6.45, 7) is 1.98. The van der Waals surface area contributed by atoms with Crippen LogP contribution in [0.15, 0.2) is 50.9 Å². The highest BCUT2D eigenvalue weighted by molar-refractivity contribution is 8.01. The zero-order chi connectivity index (χ0) is 18.4. The van der Waals surface area contributed by atoms with Crippen molar-refractivity contribution in [2.45, 2.75) is 15.6 Å². The average Bonchev–Trinajstić information content (AvgIpc) is 3.19. The molecule has 1 aliphatic heterocycles. The molecule has 140 valence electrons. The molecular formula is C17H20N2O4S3. The van der Waals surface area contributed by atoms with Crippen LogP contribution in [-0.4, -0.2) is 50.7 Å². The number of benzene rings is 1. The zero-order valence-corrected chi connectivity index (χ0v) is 16.5. The highest BCUT2D eigenvalue weighted by Gasteiger charge is 2.26. The minimum Gasteiger partial charge on any atom is -0.379 e. The quantitative estimate of drug-likeness (QED) is 0.706. The van der Waals surface area contributed by atoms with E-state index in [1.54, 1.807) is 35.6 Å². The summed E-state index contributed by atoms with van der Waals surface area (Å²) in [5.41, 5.74) is 0.861. The predicted molar refractivity (Wildman–Crippen MR) is 103 cm³/mol. The van der Waals surface area contributed by atoms with Gasteiger partial charge in [0.15, 0.2) is 0 Å². The van der Waals surface area contributed by atoms with E-state index in [0.29, 0.717) is 38.6 Å². The van der Waals surface area contributed by atoms with Gasteiger partial charge < -0.3 is 10.1 Å². The van der Waals surface area contributed by atoms with Gasteiger partial charge in [0.1, 0.15) is 0 Å². The Morgan fingerprint density at radius 1 is 1.19 bits per heavy atom. The van der Waals surface area contributed by atoms with Crippen molar-refractivity contribution in [3.8, 4) is 0 Å². The number of nitrogens with zero attached hydrogens (tertiary/aromatic N) is 1. The number of rotatable bonds is 7. The van der Waals surface area contributed by atoms with E-state index in [9.17, 15) is 13.2 Å². The van der Waals surface area contributed by atoms with Crippen LogP contribution >= 0.6 is 23.1 Å². The van der Waals surface area contributed by atoms with Gasteiger partial charge in [-0.1, -0.05) is 18.2 Å². The summed E-state index contributed by atoms with van der Waals surface area (Å²) in [6.07, 6.45) is 0. The van der Waals surface area contributed by atoms with Crippen LogP contribution in [0.2, 0.25) is 0 Å². The number of thioether (sulfide) groups is 1. The van der Waals surface area contributed by atoms with Gasteiger partial charge in [0.2, 0.25) is 15.9 Å². The van der Waals surface area contributed by atoms with E-state index in [1.165, 1.54) is 16.1 Å².